The van der Waals surface area contributed by atoms with Gasteiger partial charge in [0.2, 0.25) is 12.6 Å². The van der Waals surface area contributed by atoms with Crippen molar-refractivity contribution in [2.24, 2.45) is 0 Å². The van der Waals surface area contributed by atoms with Gasteiger partial charge < -0.3 is 14.6 Å². The molecule has 1 aromatic heterocycles. The van der Waals surface area contributed by atoms with Crippen molar-refractivity contribution in [3.63, 3.8) is 0 Å². The van der Waals surface area contributed by atoms with E-state index in [2.05, 4.69) is 4.98 Å². The van der Waals surface area contributed by atoms with Crippen LogP contribution in [0.15, 0.2) is 36.5 Å². The zero-order chi connectivity index (χ0) is 14.8. The zero-order valence-corrected chi connectivity index (χ0v) is 11.3. The number of carbonyl (C=O) groups excluding carboxylic acids is 1. The van der Waals surface area contributed by atoms with E-state index in [-0.39, 0.29) is 18.3 Å². The van der Waals surface area contributed by atoms with Crippen LogP contribution >= 0.6 is 0 Å². The van der Waals surface area contributed by atoms with Crippen LogP contribution in [0.25, 0.3) is 21.9 Å². The minimum atomic E-state index is -0.192. The van der Waals surface area contributed by atoms with Crippen LogP contribution in [-0.4, -0.2) is 22.7 Å². The Morgan fingerprint density at radius 2 is 2.05 bits per heavy atom. The predicted molar refractivity (Wildman–Crippen MR) is 78.4 cm³/mol. The van der Waals surface area contributed by atoms with Crippen molar-refractivity contribution in [3.05, 3.63) is 47.8 Å². The fourth-order valence-electron chi connectivity index (χ4n) is 3.24. The summed E-state index contributed by atoms with van der Waals surface area (Å²) >= 11 is 0. The van der Waals surface area contributed by atoms with Crippen LogP contribution in [0.2, 0.25) is 0 Å². The number of rotatable bonds is 0. The van der Waals surface area contributed by atoms with E-state index in [0.717, 1.165) is 5.39 Å². The van der Waals surface area contributed by atoms with Gasteiger partial charge in [0.25, 0.3) is 0 Å². The molecule has 5 heteroatoms. The van der Waals surface area contributed by atoms with Gasteiger partial charge in [-0.3, -0.25) is 9.78 Å². The average molecular weight is 291 g/mol. The average Bonchev–Trinajstić information content (AvgIpc) is 2.99. The van der Waals surface area contributed by atoms with Crippen LogP contribution < -0.4 is 9.47 Å². The number of hydrogen-bond acceptors (Lipinski definition) is 5. The molecular weight excluding hydrogens is 282 g/mol. The first kappa shape index (κ1) is 11.6. The minimum absolute atomic E-state index is 0.0468. The van der Waals surface area contributed by atoms with Crippen LogP contribution in [0.4, 0.5) is 0 Å². The van der Waals surface area contributed by atoms with Gasteiger partial charge in [-0.25, -0.2) is 0 Å². The summed E-state index contributed by atoms with van der Waals surface area (Å²) in [7, 11) is 0. The quantitative estimate of drug-likeness (QED) is 0.539. The second-order valence-corrected chi connectivity index (χ2v) is 5.27. The van der Waals surface area contributed by atoms with E-state index in [4.69, 9.17) is 9.47 Å². The third kappa shape index (κ3) is 1.24. The molecule has 0 saturated carbocycles. The van der Waals surface area contributed by atoms with Crippen molar-refractivity contribution in [1.82, 2.24) is 4.98 Å². The van der Waals surface area contributed by atoms with E-state index in [1.54, 1.807) is 24.4 Å². The van der Waals surface area contributed by atoms with Crippen molar-refractivity contribution in [2.75, 3.05) is 6.79 Å². The van der Waals surface area contributed by atoms with Gasteiger partial charge in [-0.15, -0.1) is 0 Å². The van der Waals surface area contributed by atoms with Crippen molar-refractivity contribution in [1.29, 1.82) is 0 Å². The van der Waals surface area contributed by atoms with Crippen LogP contribution in [0.5, 0.6) is 17.2 Å². The second-order valence-electron chi connectivity index (χ2n) is 5.27. The van der Waals surface area contributed by atoms with Crippen LogP contribution in [0.1, 0.15) is 16.1 Å². The Balaban J connectivity index is 2.08. The third-order valence-electron chi connectivity index (χ3n) is 4.14. The molecule has 0 fully saturated rings. The molecule has 22 heavy (non-hydrogen) atoms. The summed E-state index contributed by atoms with van der Waals surface area (Å²) in [5, 5.41) is 11.9. The summed E-state index contributed by atoms with van der Waals surface area (Å²) in [6, 6.07) is 8.56. The molecule has 0 unspecified atom stereocenters. The Kier molecular flexibility index (Phi) is 1.98. The molecule has 0 bridgehead atoms. The van der Waals surface area contributed by atoms with Crippen LogP contribution in [-0.2, 0) is 0 Å². The number of ether oxygens (including phenoxy) is 2. The number of aromatic nitrogens is 1. The van der Waals surface area contributed by atoms with Gasteiger partial charge in [0, 0.05) is 28.3 Å². The first-order valence-electron chi connectivity index (χ1n) is 6.84. The Hall–Kier alpha value is -3.08. The summed E-state index contributed by atoms with van der Waals surface area (Å²) in [5.74, 6) is 1.02. The summed E-state index contributed by atoms with van der Waals surface area (Å²) < 4.78 is 11.1. The van der Waals surface area contributed by atoms with Gasteiger partial charge in [-0.05, 0) is 23.6 Å². The highest BCUT2D eigenvalue weighted by molar-refractivity contribution is 6.26. The summed E-state index contributed by atoms with van der Waals surface area (Å²) in [6.45, 7) is 0.123. The molecule has 0 radical (unpaired) electrons. The lowest BCUT2D eigenvalue weighted by Crippen LogP contribution is -2.12. The fraction of sp³-hybridized carbons (Fsp3) is 0.0588. The van der Waals surface area contributed by atoms with Crippen LogP contribution in [0.3, 0.4) is 0 Å². The number of benzene rings is 2. The van der Waals surface area contributed by atoms with E-state index < -0.39 is 0 Å². The molecule has 1 N–H and O–H groups in total. The number of ketones is 1. The normalized spacial score (nSPS) is 14.3. The molecule has 5 rings (SSSR count). The molecule has 106 valence electrons. The molecule has 0 spiro atoms. The summed E-state index contributed by atoms with van der Waals surface area (Å²) in [4.78, 5) is 16.9. The molecule has 2 aromatic carbocycles. The number of carbonyl (C=O) groups is 1. The lowest BCUT2D eigenvalue weighted by Gasteiger charge is -2.21. The number of pyridine rings is 1. The minimum Gasteiger partial charge on any atom is -0.507 e. The van der Waals surface area contributed by atoms with Crippen LogP contribution in [0, 0.1) is 0 Å². The van der Waals surface area contributed by atoms with Crippen molar-refractivity contribution in [2.45, 2.75) is 0 Å². The number of nitrogens with zero attached hydrogens (tertiary/aromatic N) is 1. The molecule has 1 aliphatic heterocycles. The van der Waals surface area contributed by atoms with Gasteiger partial charge in [-0.1, -0.05) is 12.1 Å². The van der Waals surface area contributed by atoms with E-state index in [0.29, 0.717) is 39.3 Å². The standard InChI is InChI=1S/C17H9NO4/c19-10-3-1-2-9-13(10)14-12-8(4-5-18-15(12)16(9)20)6-11-17(14)22-7-21-11/h1-6,19H,7H2. The fourth-order valence-corrected chi connectivity index (χ4v) is 3.24. The Morgan fingerprint density at radius 1 is 1.14 bits per heavy atom. The SMILES string of the molecule is O=C1c2cccc(O)c2-c2c3c(cc4ccnc1c24)OCO3. The zero-order valence-electron chi connectivity index (χ0n) is 11.3. The second kappa shape index (κ2) is 3.76. The number of phenolic OH excluding ortho intramolecular Hbond substituents is 1. The smallest absolute Gasteiger partial charge is 0.231 e. The Bertz CT molecular complexity index is 994. The molecular formula is C17H9NO4. The summed E-state index contributed by atoms with van der Waals surface area (Å²) in [6.07, 6.45) is 1.61. The Labute approximate surface area is 124 Å². The first-order chi connectivity index (χ1) is 10.8. The van der Waals surface area contributed by atoms with Gasteiger partial charge in [0.15, 0.2) is 11.5 Å². The maximum absolute atomic E-state index is 12.7. The number of aromatic hydroxyl groups is 1. The largest absolute Gasteiger partial charge is 0.507 e. The molecule has 0 amide bonds. The lowest BCUT2D eigenvalue weighted by molar-refractivity contribution is 0.103. The summed E-state index contributed by atoms with van der Waals surface area (Å²) in [5.41, 5.74) is 1.97. The van der Waals surface area contributed by atoms with E-state index in [1.807, 2.05) is 12.1 Å². The Morgan fingerprint density at radius 3 is 2.95 bits per heavy atom. The highest BCUT2D eigenvalue weighted by atomic mass is 16.7. The van der Waals surface area contributed by atoms with Gasteiger partial charge >= 0.3 is 0 Å². The first-order valence-corrected chi connectivity index (χ1v) is 6.84. The van der Waals surface area contributed by atoms with E-state index >= 15 is 0 Å². The lowest BCUT2D eigenvalue weighted by atomic mass is 9.84. The van der Waals surface area contributed by atoms with Gasteiger partial charge in [-0.2, -0.15) is 0 Å². The molecule has 2 aliphatic rings. The highest BCUT2D eigenvalue weighted by Gasteiger charge is 2.34. The van der Waals surface area contributed by atoms with Gasteiger partial charge in [0.1, 0.15) is 11.4 Å². The molecule has 1 aliphatic carbocycles. The van der Waals surface area contributed by atoms with Gasteiger partial charge in [0.05, 0.1) is 0 Å². The predicted octanol–water partition coefficient (Wildman–Crippen LogP) is 2.88. The maximum atomic E-state index is 12.7. The number of hydrogen-bond donors (Lipinski definition) is 1. The molecule has 2 heterocycles. The molecule has 0 saturated heterocycles. The number of phenols is 1. The highest BCUT2D eigenvalue weighted by Crippen LogP contribution is 2.52. The van der Waals surface area contributed by atoms with Crippen molar-refractivity contribution in [3.8, 4) is 28.4 Å². The van der Waals surface area contributed by atoms with Crippen molar-refractivity contribution >= 4 is 16.6 Å². The maximum Gasteiger partial charge on any atom is 0.231 e. The molecule has 5 nitrogen and oxygen atoms in total. The van der Waals surface area contributed by atoms with E-state index in [1.165, 1.54) is 0 Å². The third-order valence-corrected chi connectivity index (χ3v) is 4.14. The number of fused-ring (bicyclic) bond motifs is 4. The molecule has 3 aromatic rings. The van der Waals surface area contributed by atoms with E-state index in [9.17, 15) is 9.90 Å². The monoisotopic (exact) mass is 291 g/mol. The van der Waals surface area contributed by atoms with Crippen molar-refractivity contribution < 1.29 is 19.4 Å². The topological polar surface area (TPSA) is 68.7 Å². The molecule has 0 atom stereocenters.